The van der Waals surface area contributed by atoms with Gasteiger partial charge in [-0.2, -0.15) is 5.26 Å². The maximum atomic E-state index is 12.9. The van der Waals surface area contributed by atoms with Gasteiger partial charge in [-0.25, -0.2) is 0 Å². The number of hydrogen-bond donors (Lipinski definition) is 2. The number of benzene rings is 1. The number of aromatic nitrogens is 1. The first kappa shape index (κ1) is 24.2. The maximum Gasteiger partial charge on any atom is 0.251 e. The Kier molecular flexibility index (Phi) is 8.77. The highest BCUT2D eigenvalue weighted by Crippen LogP contribution is 2.25. The number of nitrogens with one attached hydrogen (secondary N) is 2. The summed E-state index contributed by atoms with van der Waals surface area (Å²) < 4.78 is 0. The molecule has 0 bridgehead atoms. The molecule has 3 rings (SSSR count). The lowest BCUT2D eigenvalue weighted by Crippen LogP contribution is -2.50. The van der Waals surface area contributed by atoms with Crippen LogP contribution in [0.3, 0.4) is 0 Å². The van der Waals surface area contributed by atoms with E-state index in [1.165, 1.54) is 0 Å². The van der Waals surface area contributed by atoms with Crippen molar-refractivity contribution in [1.29, 1.82) is 5.26 Å². The van der Waals surface area contributed by atoms with Gasteiger partial charge in [0.1, 0.15) is 6.04 Å². The van der Waals surface area contributed by atoms with E-state index in [9.17, 15) is 14.9 Å². The number of nitriles is 1. The van der Waals surface area contributed by atoms with Gasteiger partial charge in [-0.3, -0.25) is 14.6 Å². The lowest BCUT2D eigenvalue weighted by molar-refractivity contribution is -0.127. The number of carbonyl (C=O) groups is 2. The first-order valence-corrected chi connectivity index (χ1v) is 11.7. The lowest BCUT2D eigenvalue weighted by atomic mass is 9.83. The van der Waals surface area contributed by atoms with Crippen molar-refractivity contribution in [2.75, 3.05) is 0 Å². The van der Waals surface area contributed by atoms with Crippen LogP contribution in [0, 0.1) is 23.2 Å². The van der Waals surface area contributed by atoms with E-state index in [4.69, 9.17) is 0 Å². The zero-order valence-corrected chi connectivity index (χ0v) is 19.3. The number of carbonyl (C=O) groups excluding carboxylic acids is 2. The minimum atomic E-state index is -0.497. The van der Waals surface area contributed by atoms with Crippen LogP contribution in [-0.2, 0) is 4.79 Å². The van der Waals surface area contributed by atoms with Crippen LogP contribution in [0.5, 0.6) is 0 Å². The van der Waals surface area contributed by atoms with E-state index < -0.39 is 6.04 Å². The molecule has 2 aromatic rings. The van der Waals surface area contributed by atoms with Gasteiger partial charge in [-0.1, -0.05) is 51.0 Å². The topological polar surface area (TPSA) is 94.9 Å². The minimum Gasteiger partial charge on any atom is -0.349 e. The zero-order chi connectivity index (χ0) is 23.6. The summed E-state index contributed by atoms with van der Waals surface area (Å²) >= 11 is 0. The standard InChI is InChI=1S/C27H32N4O2/c1-19(2)17-23(18-28)30-27(33)24-5-3-4-6-25(24)31-26(32)22-11-9-20(10-12-22)7-8-21-13-15-29-16-14-21/h7-16,19,23-25H,3-6,17H2,1-2H3,(H,30,33)(H,31,32)/b8-7+/t23-,24+,25?/m0/s1. The lowest BCUT2D eigenvalue weighted by Gasteiger charge is -2.32. The number of rotatable bonds is 8. The average molecular weight is 445 g/mol. The number of amides is 2. The van der Waals surface area contributed by atoms with Gasteiger partial charge in [0.25, 0.3) is 5.91 Å². The van der Waals surface area contributed by atoms with Gasteiger partial charge >= 0.3 is 0 Å². The Bertz CT molecular complexity index is 993. The second-order valence-corrected chi connectivity index (χ2v) is 9.03. The summed E-state index contributed by atoms with van der Waals surface area (Å²) in [5.41, 5.74) is 2.61. The largest absolute Gasteiger partial charge is 0.349 e. The third-order valence-electron chi connectivity index (χ3n) is 5.95. The van der Waals surface area contributed by atoms with Crippen LogP contribution < -0.4 is 10.6 Å². The Morgan fingerprint density at radius 2 is 1.70 bits per heavy atom. The first-order valence-electron chi connectivity index (χ1n) is 11.7. The van der Waals surface area contributed by atoms with Crippen molar-refractivity contribution in [3.8, 4) is 6.07 Å². The molecular weight excluding hydrogens is 412 g/mol. The molecule has 2 N–H and O–H groups in total. The van der Waals surface area contributed by atoms with E-state index in [-0.39, 0.29) is 23.8 Å². The molecule has 33 heavy (non-hydrogen) atoms. The second kappa shape index (κ2) is 12.0. The van der Waals surface area contributed by atoms with Gasteiger partial charge in [0, 0.05) is 24.0 Å². The molecule has 0 radical (unpaired) electrons. The summed E-state index contributed by atoms with van der Waals surface area (Å²) in [7, 11) is 0. The molecule has 6 heteroatoms. The van der Waals surface area contributed by atoms with Crippen molar-refractivity contribution in [2.24, 2.45) is 11.8 Å². The summed E-state index contributed by atoms with van der Waals surface area (Å²) in [5, 5.41) is 15.3. The molecule has 1 aromatic heterocycles. The number of nitrogens with zero attached hydrogens (tertiary/aromatic N) is 2. The molecule has 1 unspecified atom stereocenters. The molecular formula is C27H32N4O2. The molecule has 1 aliphatic carbocycles. The normalized spacial score (nSPS) is 19.1. The molecule has 6 nitrogen and oxygen atoms in total. The van der Waals surface area contributed by atoms with Crippen LogP contribution in [0.25, 0.3) is 12.2 Å². The molecule has 172 valence electrons. The van der Waals surface area contributed by atoms with E-state index in [1.807, 2.05) is 50.3 Å². The third-order valence-corrected chi connectivity index (χ3v) is 5.95. The number of hydrogen-bond acceptors (Lipinski definition) is 4. The Balaban J connectivity index is 1.61. The van der Waals surface area contributed by atoms with Crippen LogP contribution in [0.1, 0.15) is 67.4 Å². The van der Waals surface area contributed by atoms with Crippen LogP contribution in [0.4, 0.5) is 0 Å². The van der Waals surface area contributed by atoms with E-state index in [0.29, 0.717) is 17.9 Å². The molecule has 3 atom stereocenters. The van der Waals surface area contributed by atoms with Gasteiger partial charge < -0.3 is 10.6 Å². The molecule has 1 heterocycles. The number of pyridine rings is 1. The van der Waals surface area contributed by atoms with Crippen LogP contribution >= 0.6 is 0 Å². The quantitative estimate of drug-likeness (QED) is 0.622. The summed E-state index contributed by atoms with van der Waals surface area (Å²) in [6.07, 6.45) is 11.5. The fraction of sp³-hybridized carbons (Fsp3) is 0.407. The maximum absolute atomic E-state index is 12.9. The Morgan fingerprint density at radius 3 is 2.33 bits per heavy atom. The van der Waals surface area contributed by atoms with E-state index in [0.717, 1.165) is 36.8 Å². The van der Waals surface area contributed by atoms with E-state index in [1.54, 1.807) is 24.5 Å². The Hall–Kier alpha value is -3.46. The monoisotopic (exact) mass is 444 g/mol. The third kappa shape index (κ3) is 7.28. The van der Waals surface area contributed by atoms with Crippen molar-refractivity contribution >= 4 is 24.0 Å². The highest BCUT2D eigenvalue weighted by atomic mass is 16.2. The molecule has 0 saturated heterocycles. The minimum absolute atomic E-state index is 0.135. The van der Waals surface area contributed by atoms with Gasteiger partial charge in [0.05, 0.1) is 12.0 Å². The van der Waals surface area contributed by atoms with Crippen molar-refractivity contribution in [3.63, 3.8) is 0 Å². The van der Waals surface area contributed by atoms with Gasteiger partial charge in [-0.05, 0) is 60.6 Å². The molecule has 1 aliphatic rings. The van der Waals surface area contributed by atoms with Gasteiger partial charge in [0.2, 0.25) is 5.91 Å². The highest BCUT2D eigenvalue weighted by Gasteiger charge is 2.33. The molecule has 0 aliphatic heterocycles. The van der Waals surface area contributed by atoms with E-state index >= 15 is 0 Å². The average Bonchev–Trinajstić information content (AvgIpc) is 2.83. The predicted molar refractivity (Wildman–Crippen MR) is 130 cm³/mol. The van der Waals surface area contributed by atoms with Crippen LogP contribution in [0.2, 0.25) is 0 Å². The molecule has 1 aromatic carbocycles. The van der Waals surface area contributed by atoms with Crippen molar-refractivity contribution < 1.29 is 9.59 Å². The summed E-state index contributed by atoms with van der Waals surface area (Å²) in [5.74, 6) is -0.306. The molecule has 2 amide bonds. The van der Waals surface area contributed by atoms with E-state index in [2.05, 4.69) is 21.7 Å². The summed E-state index contributed by atoms with van der Waals surface area (Å²) in [4.78, 5) is 29.8. The second-order valence-electron chi connectivity index (χ2n) is 9.03. The fourth-order valence-electron chi connectivity index (χ4n) is 4.18. The predicted octanol–water partition coefficient (Wildman–Crippen LogP) is 4.60. The van der Waals surface area contributed by atoms with Crippen molar-refractivity contribution in [1.82, 2.24) is 15.6 Å². The van der Waals surface area contributed by atoms with Crippen molar-refractivity contribution in [3.05, 3.63) is 65.5 Å². The molecule has 1 fully saturated rings. The SMILES string of the molecule is CC(C)C[C@@H](C#N)NC(=O)[C@@H]1CCCCC1NC(=O)c1ccc(/C=C/c2ccncc2)cc1. The van der Waals surface area contributed by atoms with Crippen molar-refractivity contribution in [2.45, 2.75) is 58.0 Å². The summed E-state index contributed by atoms with van der Waals surface area (Å²) in [6.45, 7) is 4.06. The summed E-state index contributed by atoms with van der Waals surface area (Å²) in [6, 6.07) is 12.7. The fourth-order valence-corrected chi connectivity index (χ4v) is 4.18. The Labute approximate surface area is 196 Å². The van der Waals surface area contributed by atoms with Crippen LogP contribution in [0.15, 0.2) is 48.8 Å². The molecule has 1 saturated carbocycles. The van der Waals surface area contributed by atoms with Crippen LogP contribution in [-0.4, -0.2) is 28.9 Å². The molecule has 0 spiro atoms. The smallest absolute Gasteiger partial charge is 0.251 e. The van der Waals surface area contributed by atoms with Gasteiger partial charge in [-0.15, -0.1) is 0 Å². The highest BCUT2D eigenvalue weighted by molar-refractivity contribution is 5.95. The first-order chi connectivity index (χ1) is 16.0. The van der Waals surface area contributed by atoms with Gasteiger partial charge in [0.15, 0.2) is 0 Å². The zero-order valence-electron chi connectivity index (χ0n) is 19.3. The Morgan fingerprint density at radius 1 is 1.06 bits per heavy atom.